The largest absolute Gasteiger partial charge is 0.287 e. The molecule has 1 aromatic heterocycles. The van der Waals surface area contributed by atoms with Crippen molar-refractivity contribution in [2.24, 2.45) is 9.98 Å². The van der Waals surface area contributed by atoms with Crippen LogP contribution >= 0.6 is 11.3 Å². The summed E-state index contributed by atoms with van der Waals surface area (Å²) in [6, 6.07) is 33.3. The first-order chi connectivity index (χ1) is 15.7. The van der Waals surface area contributed by atoms with Gasteiger partial charge in [0.15, 0.2) is 5.84 Å². The van der Waals surface area contributed by atoms with Crippen molar-refractivity contribution in [3.05, 3.63) is 108 Å². The van der Waals surface area contributed by atoms with E-state index in [1.54, 1.807) is 18.3 Å². The Hall–Kier alpha value is -3.89. The highest BCUT2D eigenvalue weighted by molar-refractivity contribution is 7.25. The maximum Gasteiger partial charge on any atom is 0.161 e. The van der Waals surface area contributed by atoms with Crippen LogP contribution in [0.2, 0.25) is 0 Å². The number of benzene rings is 4. The van der Waals surface area contributed by atoms with Crippen molar-refractivity contribution in [2.45, 2.75) is 6.92 Å². The van der Waals surface area contributed by atoms with Crippen LogP contribution in [0.3, 0.4) is 0 Å². The van der Waals surface area contributed by atoms with Gasteiger partial charge in [0.25, 0.3) is 0 Å². The van der Waals surface area contributed by atoms with Crippen LogP contribution in [0.15, 0.2) is 107 Å². The average molecular weight is 432 g/mol. The molecule has 0 radical (unpaired) electrons. The van der Waals surface area contributed by atoms with Gasteiger partial charge in [-0.25, -0.2) is 9.98 Å². The molecule has 3 nitrogen and oxygen atoms in total. The summed E-state index contributed by atoms with van der Waals surface area (Å²) in [6.45, 7) is 1.66. The van der Waals surface area contributed by atoms with Crippen LogP contribution < -0.4 is 0 Å². The van der Waals surface area contributed by atoms with Crippen LogP contribution in [0.1, 0.15) is 18.1 Å². The lowest BCUT2D eigenvalue weighted by Crippen LogP contribution is -2.01. The van der Waals surface area contributed by atoms with Gasteiger partial charge < -0.3 is 0 Å². The van der Waals surface area contributed by atoms with Gasteiger partial charge in [-0.2, -0.15) is 0 Å². The van der Waals surface area contributed by atoms with Gasteiger partial charge in [0.05, 0.1) is 0 Å². The van der Waals surface area contributed by atoms with Crippen LogP contribution in [0.25, 0.3) is 31.3 Å². The SMILES string of the molecule is CC(=N)/N=C(\N=C\c1ccc2c(c1)sc1ccccc12)c1ccc(-c2ccccc2)cc1. The van der Waals surface area contributed by atoms with Crippen molar-refractivity contribution in [3.63, 3.8) is 0 Å². The van der Waals surface area contributed by atoms with E-state index in [4.69, 9.17) is 5.41 Å². The molecule has 0 aliphatic carbocycles. The summed E-state index contributed by atoms with van der Waals surface area (Å²) in [5.41, 5.74) is 4.20. The van der Waals surface area contributed by atoms with Crippen LogP contribution in [-0.4, -0.2) is 17.9 Å². The second kappa shape index (κ2) is 8.69. The molecule has 0 saturated heterocycles. The molecular weight excluding hydrogens is 410 g/mol. The van der Waals surface area contributed by atoms with Crippen molar-refractivity contribution in [2.75, 3.05) is 0 Å². The molecule has 0 amide bonds. The molecule has 32 heavy (non-hydrogen) atoms. The molecule has 0 saturated carbocycles. The average Bonchev–Trinajstić information content (AvgIpc) is 3.20. The predicted octanol–water partition coefficient (Wildman–Crippen LogP) is 7.58. The van der Waals surface area contributed by atoms with Crippen molar-refractivity contribution >= 4 is 49.4 Å². The fourth-order valence-corrected chi connectivity index (χ4v) is 4.88. The number of fused-ring (bicyclic) bond motifs is 3. The number of thiophene rings is 1. The fraction of sp³-hybridized carbons (Fsp3) is 0.0357. The minimum atomic E-state index is 0.226. The second-order valence-corrected chi connectivity index (χ2v) is 8.66. The smallest absolute Gasteiger partial charge is 0.161 e. The van der Waals surface area contributed by atoms with E-state index in [2.05, 4.69) is 76.7 Å². The molecule has 1 N–H and O–H groups in total. The molecule has 0 aliphatic rings. The molecule has 0 atom stereocenters. The first-order valence-corrected chi connectivity index (χ1v) is 11.2. The Morgan fingerprint density at radius 3 is 2.22 bits per heavy atom. The lowest BCUT2D eigenvalue weighted by Gasteiger charge is -2.05. The zero-order valence-electron chi connectivity index (χ0n) is 17.6. The highest BCUT2D eigenvalue weighted by Gasteiger charge is 2.06. The van der Waals surface area contributed by atoms with Gasteiger partial charge >= 0.3 is 0 Å². The van der Waals surface area contributed by atoms with Crippen LogP contribution in [0.5, 0.6) is 0 Å². The lowest BCUT2D eigenvalue weighted by atomic mass is 10.0. The standard InChI is InChI=1S/C28H21N3S/c1-19(29)31-28(23-14-12-22(13-15-23)21-7-3-2-4-8-21)30-18-20-11-16-25-24-9-5-6-10-26(24)32-27(25)17-20/h2-18,29H,1H3/b29-19?,30-18+,31-28-. The molecule has 0 bridgehead atoms. The topological polar surface area (TPSA) is 48.6 Å². The van der Waals surface area contributed by atoms with Gasteiger partial charge in [0.1, 0.15) is 5.84 Å². The number of rotatable bonds is 3. The third kappa shape index (κ3) is 4.13. The van der Waals surface area contributed by atoms with Gasteiger partial charge in [-0.3, -0.25) is 5.41 Å². The Balaban J connectivity index is 1.46. The Morgan fingerprint density at radius 2 is 1.44 bits per heavy atom. The first kappa shape index (κ1) is 20.0. The molecule has 0 spiro atoms. The van der Waals surface area contributed by atoms with E-state index < -0.39 is 0 Å². The zero-order valence-corrected chi connectivity index (χ0v) is 18.4. The van der Waals surface area contributed by atoms with E-state index in [1.165, 1.54) is 25.7 Å². The molecule has 4 heteroatoms. The van der Waals surface area contributed by atoms with Gasteiger partial charge in [0, 0.05) is 32.0 Å². The lowest BCUT2D eigenvalue weighted by molar-refractivity contribution is 1.39. The Bertz CT molecular complexity index is 1480. The zero-order chi connectivity index (χ0) is 21.9. The van der Waals surface area contributed by atoms with E-state index in [-0.39, 0.29) is 5.84 Å². The quantitative estimate of drug-likeness (QED) is 0.226. The molecule has 1 heterocycles. The Morgan fingerprint density at radius 1 is 0.750 bits per heavy atom. The van der Waals surface area contributed by atoms with E-state index in [0.29, 0.717) is 5.84 Å². The third-order valence-corrected chi connectivity index (χ3v) is 6.40. The summed E-state index contributed by atoms with van der Waals surface area (Å²) in [5, 5.41) is 10.4. The van der Waals surface area contributed by atoms with Crippen molar-refractivity contribution in [1.82, 2.24) is 0 Å². The third-order valence-electron chi connectivity index (χ3n) is 5.26. The number of nitrogens with zero attached hydrogens (tertiary/aromatic N) is 2. The first-order valence-electron chi connectivity index (χ1n) is 10.4. The number of aliphatic imine (C=N–C) groups is 2. The van der Waals surface area contributed by atoms with Crippen LogP contribution in [0, 0.1) is 5.41 Å². The molecule has 5 aromatic rings. The summed E-state index contributed by atoms with van der Waals surface area (Å²) >= 11 is 1.79. The van der Waals surface area contributed by atoms with Gasteiger partial charge in [-0.15, -0.1) is 11.3 Å². The van der Waals surface area contributed by atoms with E-state index in [9.17, 15) is 0 Å². The molecule has 154 valence electrons. The van der Waals surface area contributed by atoms with Crippen LogP contribution in [-0.2, 0) is 0 Å². The van der Waals surface area contributed by atoms with E-state index >= 15 is 0 Å². The van der Waals surface area contributed by atoms with E-state index in [1.807, 2.05) is 36.5 Å². The normalized spacial score (nSPS) is 12.1. The fourth-order valence-electron chi connectivity index (χ4n) is 3.73. The highest BCUT2D eigenvalue weighted by atomic mass is 32.1. The maximum absolute atomic E-state index is 7.84. The number of amidine groups is 2. The minimum absolute atomic E-state index is 0.226. The Labute approximate surface area is 190 Å². The summed E-state index contributed by atoms with van der Waals surface area (Å²) < 4.78 is 2.53. The van der Waals surface area contributed by atoms with Crippen LogP contribution in [0.4, 0.5) is 0 Å². The summed E-state index contributed by atoms with van der Waals surface area (Å²) in [7, 11) is 0. The van der Waals surface area contributed by atoms with Crippen molar-refractivity contribution in [3.8, 4) is 11.1 Å². The summed E-state index contributed by atoms with van der Waals surface area (Å²) in [4.78, 5) is 9.02. The number of nitrogens with one attached hydrogen (secondary N) is 1. The molecule has 0 unspecified atom stereocenters. The number of hydrogen-bond donors (Lipinski definition) is 1. The predicted molar refractivity (Wildman–Crippen MR) is 139 cm³/mol. The van der Waals surface area contributed by atoms with Crippen molar-refractivity contribution in [1.29, 1.82) is 5.41 Å². The summed E-state index contributed by atoms with van der Waals surface area (Å²) in [5.74, 6) is 0.762. The van der Waals surface area contributed by atoms with Crippen molar-refractivity contribution < 1.29 is 0 Å². The molecule has 0 fully saturated rings. The summed E-state index contributed by atoms with van der Waals surface area (Å²) in [6.07, 6.45) is 1.83. The molecule has 4 aromatic carbocycles. The van der Waals surface area contributed by atoms with Gasteiger partial charge in [-0.1, -0.05) is 84.9 Å². The minimum Gasteiger partial charge on any atom is -0.287 e. The monoisotopic (exact) mass is 431 g/mol. The molecular formula is C28H21N3S. The Kier molecular flexibility index (Phi) is 5.44. The highest BCUT2D eigenvalue weighted by Crippen LogP contribution is 2.33. The van der Waals surface area contributed by atoms with Gasteiger partial charge in [-0.05, 0) is 35.7 Å². The number of hydrogen-bond acceptors (Lipinski definition) is 2. The molecule has 0 aliphatic heterocycles. The molecule has 5 rings (SSSR count). The second-order valence-electron chi connectivity index (χ2n) is 7.58. The van der Waals surface area contributed by atoms with E-state index in [0.717, 1.165) is 16.7 Å². The van der Waals surface area contributed by atoms with Gasteiger partial charge in [0.2, 0.25) is 0 Å². The maximum atomic E-state index is 7.84.